The van der Waals surface area contributed by atoms with Gasteiger partial charge < -0.3 is 5.32 Å². The Bertz CT molecular complexity index is 1340. The fraction of sp³-hybridized carbons (Fsp3) is 0.185. The van der Waals surface area contributed by atoms with E-state index in [2.05, 4.69) is 5.32 Å². The van der Waals surface area contributed by atoms with Gasteiger partial charge in [-0.1, -0.05) is 73.3 Å². The van der Waals surface area contributed by atoms with E-state index in [1.54, 1.807) is 12.1 Å². The molecule has 0 radical (unpaired) electrons. The van der Waals surface area contributed by atoms with Crippen LogP contribution in [0.5, 0.6) is 0 Å². The van der Waals surface area contributed by atoms with Crippen molar-refractivity contribution in [3.8, 4) is 0 Å². The largest absolute Gasteiger partial charge is 0.323 e. The van der Waals surface area contributed by atoms with Crippen LogP contribution in [-0.4, -0.2) is 39.0 Å². The number of rotatable bonds is 6. The van der Waals surface area contributed by atoms with E-state index < -0.39 is 17.1 Å². The molecule has 2 atom stereocenters. The summed E-state index contributed by atoms with van der Waals surface area (Å²) in [7, 11) is 0. The number of thioether (sulfide) groups is 1. The number of amides is 2. The number of amidine groups is 2. The summed E-state index contributed by atoms with van der Waals surface area (Å²) in [4.78, 5) is 37.5. The number of halogens is 1. The lowest BCUT2D eigenvalue weighted by Crippen LogP contribution is -2.42. The molecule has 5 rings (SSSR count). The molecule has 3 aromatic rings. The van der Waals surface area contributed by atoms with Gasteiger partial charge in [0.1, 0.15) is 17.7 Å². The lowest BCUT2D eigenvalue weighted by molar-refractivity contribution is -0.124. The Morgan fingerprint density at radius 2 is 1.77 bits per heavy atom. The minimum atomic E-state index is -0.583. The summed E-state index contributed by atoms with van der Waals surface area (Å²) in [6.45, 7) is 1.87. The zero-order valence-corrected chi connectivity index (χ0v) is 19.8. The molecule has 8 heteroatoms. The number of nitrogens with zero attached hydrogens (tertiary/aromatic N) is 3. The Balaban J connectivity index is 1.43. The van der Waals surface area contributed by atoms with Crippen molar-refractivity contribution in [3.63, 3.8) is 0 Å². The summed E-state index contributed by atoms with van der Waals surface area (Å²) in [5.74, 6) is -0.477. The molecule has 0 aromatic heterocycles. The molecule has 0 spiro atoms. The number of aliphatic imine (C=N–C) groups is 2. The minimum absolute atomic E-state index is 0.120. The van der Waals surface area contributed by atoms with Crippen molar-refractivity contribution in [2.75, 3.05) is 5.32 Å². The van der Waals surface area contributed by atoms with E-state index in [0.29, 0.717) is 29.5 Å². The Morgan fingerprint density at radius 3 is 2.54 bits per heavy atom. The third-order valence-electron chi connectivity index (χ3n) is 5.86. The van der Waals surface area contributed by atoms with Crippen LogP contribution in [0.2, 0.25) is 0 Å². The molecule has 35 heavy (non-hydrogen) atoms. The molecule has 0 aliphatic carbocycles. The summed E-state index contributed by atoms with van der Waals surface area (Å²) in [5, 5.41) is 2.48. The highest BCUT2D eigenvalue weighted by molar-refractivity contribution is 8.15. The maximum absolute atomic E-state index is 14.1. The molecule has 0 saturated carbocycles. The monoisotopic (exact) mass is 486 g/mol. The Kier molecular flexibility index (Phi) is 6.46. The number of fused-ring (bicyclic) bond motifs is 3. The maximum atomic E-state index is 14.1. The number of para-hydroxylation sites is 2. The van der Waals surface area contributed by atoms with Crippen LogP contribution >= 0.6 is 11.8 Å². The van der Waals surface area contributed by atoms with Crippen LogP contribution < -0.4 is 5.32 Å². The number of hydrogen-bond donors (Lipinski definition) is 1. The van der Waals surface area contributed by atoms with Crippen LogP contribution in [0.25, 0.3) is 0 Å². The number of anilines is 1. The van der Waals surface area contributed by atoms with Gasteiger partial charge in [0.15, 0.2) is 5.17 Å². The smallest absolute Gasteiger partial charge is 0.259 e. The number of nitrogens with one attached hydrogen (secondary N) is 1. The predicted octanol–water partition coefficient (Wildman–Crippen LogP) is 5.18. The summed E-state index contributed by atoms with van der Waals surface area (Å²) in [5.41, 5.74) is 2.62. The average Bonchev–Trinajstić information content (AvgIpc) is 3.20. The summed E-state index contributed by atoms with van der Waals surface area (Å²) in [6.07, 6.45) is 0.943. The average molecular weight is 487 g/mol. The fourth-order valence-corrected chi connectivity index (χ4v) is 5.10. The third-order valence-corrected chi connectivity index (χ3v) is 7.18. The van der Waals surface area contributed by atoms with E-state index in [1.165, 1.54) is 28.8 Å². The first-order valence-corrected chi connectivity index (χ1v) is 12.3. The van der Waals surface area contributed by atoms with Crippen molar-refractivity contribution in [1.29, 1.82) is 0 Å². The van der Waals surface area contributed by atoms with Gasteiger partial charge in [-0.3, -0.25) is 14.6 Å². The molecule has 3 aromatic carbocycles. The van der Waals surface area contributed by atoms with Crippen LogP contribution in [0, 0.1) is 5.82 Å². The van der Waals surface area contributed by atoms with Crippen LogP contribution in [0.15, 0.2) is 88.8 Å². The van der Waals surface area contributed by atoms with Gasteiger partial charge in [0, 0.05) is 12.0 Å². The molecule has 0 bridgehead atoms. The summed E-state index contributed by atoms with van der Waals surface area (Å²) < 4.78 is 14.1. The molecule has 2 amide bonds. The summed E-state index contributed by atoms with van der Waals surface area (Å²) in [6, 6.07) is 22.8. The molecule has 2 heterocycles. The number of carbonyl (C=O) groups excluding carboxylic acids is 2. The molecular formula is C27H23FN4O2S. The van der Waals surface area contributed by atoms with Gasteiger partial charge in [0.2, 0.25) is 5.91 Å². The van der Waals surface area contributed by atoms with E-state index in [4.69, 9.17) is 9.98 Å². The fourth-order valence-electron chi connectivity index (χ4n) is 4.08. The standard InChI is InChI=1S/C27H23FN4O2S/c1-2-23(25(33)30-21-15-9-7-13-19(21)28)35-27-31-20-14-8-6-12-18(20)24-29-22(26(34)32(24)27)16-17-10-4-3-5-11-17/h3-15,22-23H,2,16H2,1H3,(H,30,33)/t22-,23-/m1/s1. The van der Waals surface area contributed by atoms with Crippen molar-refractivity contribution >= 4 is 46.0 Å². The summed E-state index contributed by atoms with van der Waals surface area (Å²) >= 11 is 1.19. The maximum Gasteiger partial charge on any atom is 0.259 e. The van der Waals surface area contributed by atoms with Gasteiger partial charge in [-0.25, -0.2) is 14.3 Å². The highest BCUT2D eigenvalue weighted by Crippen LogP contribution is 2.36. The molecule has 2 aliphatic heterocycles. The van der Waals surface area contributed by atoms with Crippen molar-refractivity contribution in [2.24, 2.45) is 9.98 Å². The molecule has 0 fully saturated rings. The predicted molar refractivity (Wildman–Crippen MR) is 138 cm³/mol. The molecule has 1 N–H and O–H groups in total. The van der Waals surface area contributed by atoms with Gasteiger partial charge >= 0.3 is 0 Å². The zero-order valence-electron chi connectivity index (χ0n) is 19.0. The van der Waals surface area contributed by atoms with Crippen molar-refractivity contribution in [2.45, 2.75) is 31.1 Å². The Labute approximate surface area is 207 Å². The third kappa shape index (κ3) is 4.61. The SMILES string of the molecule is CC[C@@H](SC1=Nc2ccccc2C2=N[C@H](Cc3ccccc3)C(=O)N12)C(=O)Nc1ccccc1F. The van der Waals surface area contributed by atoms with Gasteiger partial charge in [0.25, 0.3) is 5.91 Å². The van der Waals surface area contributed by atoms with Crippen molar-refractivity contribution in [1.82, 2.24) is 4.90 Å². The van der Waals surface area contributed by atoms with Gasteiger partial charge in [-0.2, -0.15) is 0 Å². The number of carbonyl (C=O) groups is 2. The van der Waals surface area contributed by atoms with Crippen molar-refractivity contribution < 1.29 is 14.0 Å². The van der Waals surface area contributed by atoms with Crippen LogP contribution in [0.3, 0.4) is 0 Å². The normalized spacial score (nSPS) is 17.3. The van der Waals surface area contributed by atoms with Gasteiger partial charge in [-0.05, 0) is 36.2 Å². The topological polar surface area (TPSA) is 74.1 Å². The lowest BCUT2D eigenvalue weighted by Gasteiger charge is -2.27. The van der Waals surface area contributed by atoms with E-state index in [0.717, 1.165) is 11.1 Å². The Hall–Kier alpha value is -3.78. The lowest BCUT2D eigenvalue weighted by atomic mass is 10.1. The zero-order chi connectivity index (χ0) is 24.4. The highest BCUT2D eigenvalue weighted by Gasteiger charge is 2.42. The van der Waals surface area contributed by atoms with Crippen LogP contribution in [0.1, 0.15) is 24.5 Å². The van der Waals surface area contributed by atoms with Crippen molar-refractivity contribution in [3.05, 3.63) is 95.8 Å². The number of hydrogen-bond acceptors (Lipinski definition) is 5. The van der Waals surface area contributed by atoms with Gasteiger partial charge in [-0.15, -0.1) is 0 Å². The highest BCUT2D eigenvalue weighted by atomic mass is 32.2. The second kappa shape index (κ2) is 9.84. The molecule has 2 aliphatic rings. The van der Waals surface area contributed by atoms with E-state index in [-0.39, 0.29) is 17.5 Å². The second-order valence-electron chi connectivity index (χ2n) is 8.23. The molecule has 0 unspecified atom stereocenters. The first-order chi connectivity index (χ1) is 17.0. The van der Waals surface area contributed by atoms with Crippen LogP contribution in [0.4, 0.5) is 15.8 Å². The first kappa shape index (κ1) is 23.0. The van der Waals surface area contributed by atoms with E-state index in [9.17, 15) is 14.0 Å². The molecular weight excluding hydrogens is 463 g/mol. The quantitative estimate of drug-likeness (QED) is 0.522. The van der Waals surface area contributed by atoms with E-state index in [1.807, 2.05) is 61.5 Å². The van der Waals surface area contributed by atoms with Gasteiger partial charge in [0.05, 0.1) is 16.6 Å². The minimum Gasteiger partial charge on any atom is -0.323 e. The first-order valence-electron chi connectivity index (χ1n) is 11.4. The van der Waals surface area contributed by atoms with E-state index >= 15 is 0 Å². The second-order valence-corrected chi connectivity index (χ2v) is 9.40. The molecule has 6 nitrogen and oxygen atoms in total. The van der Waals surface area contributed by atoms with Crippen LogP contribution in [-0.2, 0) is 16.0 Å². The molecule has 0 saturated heterocycles. The number of benzene rings is 3. The Morgan fingerprint density at radius 1 is 1.06 bits per heavy atom. The molecule has 176 valence electrons.